The van der Waals surface area contributed by atoms with Crippen LogP contribution in [0.1, 0.15) is 18.4 Å². The third-order valence-corrected chi connectivity index (χ3v) is 3.90. The van der Waals surface area contributed by atoms with Gasteiger partial charge in [-0.3, -0.25) is 4.68 Å². The summed E-state index contributed by atoms with van der Waals surface area (Å²) in [7, 11) is 1.91. The minimum absolute atomic E-state index is 0.338. The van der Waals surface area contributed by atoms with Crippen molar-refractivity contribution in [1.29, 1.82) is 0 Å². The molecule has 112 valence electrons. The molecule has 1 aliphatic rings. The van der Waals surface area contributed by atoms with Crippen LogP contribution in [0.25, 0.3) is 0 Å². The molecule has 1 aliphatic heterocycles. The lowest BCUT2D eigenvalue weighted by molar-refractivity contribution is 0.305. The minimum atomic E-state index is 0.338. The third kappa shape index (κ3) is 3.36. The molecule has 0 amide bonds. The number of hydrogen-bond donors (Lipinski definition) is 1. The van der Waals surface area contributed by atoms with Crippen LogP contribution in [0.15, 0.2) is 36.7 Å². The van der Waals surface area contributed by atoms with Gasteiger partial charge in [0.15, 0.2) is 0 Å². The fourth-order valence-electron chi connectivity index (χ4n) is 2.69. The Morgan fingerprint density at radius 2 is 2.05 bits per heavy atom. The number of ether oxygens (including phenoxy) is 1. The highest BCUT2D eigenvalue weighted by molar-refractivity contribution is 5.58. The first kappa shape index (κ1) is 13.9. The first-order valence-corrected chi connectivity index (χ1v) is 7.42. The predicted octanol–water partition coefficient (Wildman–Crippen LogP) is 1.93. The summed E-state index contributed by atoms with van der Waals surface area (Å²) >= 11 is 0. The zero-order valence-electron chi connectivity index (χ0n) is 12.4. The standard InChI is InChI=1S/C16H22N4O/c1-19-11-13(10-18-19)12-21-16-5-3-2-4-15(16)20-8-6-14(17)7-9-20/h2-5,10-11,14H,6-9,12,17H2,1H3. The summed E-state index contributed by atoms with van der Waals surface area (Å²) in [5.74, 6) is 0.928. The van der Waals surface area contributed by atoms with Gasteiger partial charge in [-0.1, -0.05) is 12.1 Å². The Hall–Kier alpha value is -2.01. The summed E-state index contributed by atoms with van der Waals surface area (Å²) in [6.07, 6.45) is 5.89. The van der Waals surface area contributed by atoms with Gasteiger partial charge < -0.3 is 15.4 Å². The van der Waals surface area contributed by atoms with Crippen molar-refractivity contribution >= 4 is 5.69 Å². The van der Waals surface area contributed by atoms with Gasteiger partial charge in [0.1, 0.15) is 12.4 Å². The maximum absolute atomic E-state index is 5.99. The van der Waals surface area contributed by atoms with Crippen LogP contribution in [0.5, 0.6) is 5.75 Å². The summed E-state index contributed by atoms with van der Waals surface area (Å²) in [6.45, 7) is 2.53. The SMILES string of the molecule is Cn1cc(COc2ccccc2N2CCC(N)CC2)cn1. The summed E-state index contributed by atoms with van der Waals surface area (Å²) in [5.41, 5.74) is 8.22. The number of nitrogens with two attached hydrogens (primary N) is 1. The topological polar surface area (TPSA) is 56.3 Å². The molecule has 5 nitrogen and oxygen atoms in total. The van der Waals surface area contributed by atoms with E-state index in [0.717, 1.165) is 42.9 Å². The molecule has 21 heavy (non-hydrogen) atoms. The van der Waals surface area contributed by atoms with Crippen LogP contribution in [-0.2, 0) is 13.7 Å². The van der Waals surface area contributed by atoms with E-state index in [1.54, 1.807) is 4.68 Å². The minimum Gasteiger partial charge on any atom is -0.487 e. The maximum Gasteiger partial charge on any atom is 0.143 e. The van der Waals surface area contributed by atoms with Crippen molar-refractivity contribution in [2.24, 2.45) is 12.8 Å². The smallest absolute Gasteiger partial charge is 0.143 e. The van der Waals surface area contributed by atoms with Crippen molar-refractivity contribution < 1.29 is 4.74 Å². The number of anilines is 1. The molecule has 0 spiro atoms. The van der Waals surface area contributed by atoms with Crippen LogP contribution in [0.2, 0.25) is 0 Å². The first-order chi connectivity index (χ1) is 10.2. The Balaban J connectivity index is 1.70. The summed E-state index contributed by atoms with van der Waals surface area (Å²) in [4.78, 5) is 2.36. The fourth-order valence-corrected chi connectivity index (χ4v) is 2.69. The zero-order chi connectivity index (χ0) is 14.7. The number of benzene rings is 1. The van der Waals surface area contributed by atoms with E-state index in [0.29, 0.717) is 12.6 Å². The van der Waals surface area contributed by atoms with Crippen molar-refractivity contribution in [2.45, 2.75) is 25.5 Å². The Morgan fingerprint density at radius 3 is 2.76 bits per heavy atom. The molecule has 3 rings (SSSR count). The molecule has 2 N–H and O–H groups in total. The molecule has 1 aromatic heterocycles. The van der Waals surface area contributed by atoms with E-state index in [1.165, 1.54) is 0 Å². The highest BCUT2D eigenvalue weighted by atomic mass is 16.5. The Bertz CT molecular complexity index is 587. The van der Waals surface area contributed by atoms with E-state index in [9.17, 15) is 0 Å². The molecule has 5 heteroatoms. The van der Waals surface area contributed by atoms with Crippen LogP contribution in [0.3, 0.4) is 0 Å². The molecule has 2 heterocycles. The van der Waals surface area contributed by atoms with Crippen molar-refractivity contribution in [3.8, 4) is 5.75 Å². The first-order valence-electron chi connectivity index (χ1n) is 7.42. The number of piperidine rings is 1. The Morgan fingerprint density at radius 1 is 1.29 bits per heavy atom. The van der Waals surface area contributed by atoms with E-state index >= 15 is 0 Å². The molecule has 1 aromatic carbocycles. The molecule has 1 fully saturated rings. The molecule has 0 atom stereocenters. The van der Waals surface area contributed by atoms with Crippen LogP contribution in [0.4, 0.5) is 5.69 Å². The highest BCUT2D eigenvalue weighted by Crippen LogP contribution is 2.30. The van der Waals surface area contributed by atoms with Gasteiger partial charge in [-0.2, -0.15) is 5.10 Å². The van der Waals surface area contributed by atoms with E-state index in [-0.39, 0.29) is 0 Å². The summed E-state index contributed by atoms with van der Waals surface area (Å²) in [5, 5.41) is 4.16. The molecular formula is C16H22N4O. The number of nitrogens with zero attached hydrogens (tertiary/aromatic N) is 3. The molecule has 0 bridgehead atoms. The van der Waals surface area contributed by atoms with Gasteiger partial charge in [-0.05, 0) is 25.0 Å². The normalized spacial score (nSPS) is 16.2. The fraction of sp³-hybridized carbons (Fsp3) is 0.438. The van der Waals surface area contributed by atoms with Gasteiger partial charge >= 0.3 is 0 Å². The van der Waals surface area contributed by atoms with E-state index in [2.05, 4.69) is 22.1 Å². The van der Waals surface area contributed by atoms with Gasteiger partial charge in [0.2, 0.25) is 0 Å². The van der Waals surface area contributed by atoms with Crippen LogP contribution >= 0.6 is 0 Å². The van der Waals surface area contributed by atoms with Gasteiger partial charge in [0.05, 0.1) is 11.9 Å². The second-order valence-corrected chi connectivity index (χ2v) is 5.60. The number of hydrogen-bond acceptors (Lipinski definition) is 4. The molecule has 0 radical (unpaired) electrons. The lowest BCUT2D eigenvalue weighted by Gasteiger charge is -2.33. The van der Waals surface area contributed by atoms with Crippen molar-refractivity contribution in [3.63, 3.8) is 0 Å². The third-order valence-electron chi connectivity index (χ3n) is 3.90. The average molecular weight is 286 g/mol. The average Bonchev–Trinajstić information content (AvgIpc) is 2.92. The number of rotatable bonds is 4. The van der Waals surface area contributed by atoms with E-state index < -0.39 is 0 Å². The molecule has 1 saturated heterocycles. The lowest BCUT2D eigenvalue weighted by Crippen LogP contribution is -2.39. The van der Waals surface area contributed by atoms with Crippen LogP contribution in [-0.4, -0.2) is 28.9 Å². The second-order valence-electron chi connectivity index (χ2n) is 5.60. The number of aromatic nitrogens is 2. The van der Waals surface area contributed by atoms with Crippen LogP contribution < -0.4 is 15.4 Å². The zero-order valence-corrected chi connectivity index (χ0v) is 12.4. The number of aryl methyl sites for hydroxylation is 1. The van der Waals surface area contributed by atoms with Gasteiger partial charge in [0, 0.05) is 37.9 Å². The van der Waals surface area contributed by atoms with Gasteiger partial charge in [0.25, 0.3) is 0 Å². The summed E-state index contributed by atoms with van der Waals surface area (Å²) < 4.78 is 7.78. The molecular weight excluding hydrogens is 264 g/mol. The van der Waals surface area contributed by atoms with Crippen molar-refractivity contribution in [2.75, 3.05) is 18.0 Å². The summed E-state index contributed by atoms with van der Waals surface area (Å²) in [6, 6.07) is 8.55. The lowest BCUT2D eigenvalue weighted by atomic mass is 10.1. The molecule has 0 aliphatic carbocycles. The Kier molecular flexibility index (Phi) is 4.10. The highest BCUT2D eigenvalue weighted by Gasteiger charge is 2.19. The van der Waals surface area contributed by atoms with Crippen LogP contribution in [0, 0.1) is 0 Å². The monoisotopic (exact) mass is 286 g/mol. The largest absolute Gasteiger partial charge is 0.487 e. The maximum atomic E-state index is 5.99. The van der Waals surface area contributed by atoms with E-state index in [4.69, 9.17) is 10.5 Å². The quantitative estimate of drug-likeness (QED) is 0.933. The van der Waals surface area contributed by atoms with Gasteiger partial charge in [-0.25, -0.2) is 0 Å². The predicted molar refractivity (Wildman–Crippen MR) is 83.4 cm³/mol. The second kappa shape index (κ2) is 6.18. The van der Waals surface area contributed by atoms with E-state index in [1.807, 2.05) is 31.6 Å². The number of para-hydroxylation sites is 2. The van der Waals surface area contributed by atoms with Crippen molar-refractivity contribution in [3.05, 3.63) is 42.2 Å². The van der Waals surface area contributed by atoms with Crippen molar-refractivity contribution in [1.82, 2.24) is 9.78 Å². The molecule has 2 aromatic rings. The molecule has 0 saturated carbocycles. The Labute approximate surface area is 125 Å². The molecule has 0 unspecified atom stereocenters. The van der Waals surface area contributed by atoms with Gasteiger partial charge in [-0.15, -0.1) is 0 Å².